The molecule has 5 nitrogen and oxygen atoms in total. The number of nitro groups is 1. The van der Waals surface area contributed by atoms with E-state index in [1.165, 1.54) is 10.9 Å². The highest BCUT2D eigenvalue weighted by Crippen LogP contribution is 2.39. The first kappa shape index (κ1) is 16.0. The van der Waals surface area contributed by atoms with Crippen LogP contribution in [0.25, 0.3) is 0 Å². The molecule has 7 heteroatoms. The van der Waals surface area contributed by atoms with Crippen molar-refractivity contribution in [3.8, 4) is 0 Å². The highest BCUT2D eigenvalue weighted by Gasteiger charge is 2.34. The van der Waals surface area contributed by atoms with Crippen LogP contribution in [0.1, 0.15) is 31.7 Å². The first-order valence-electron chi connectivity index (χ1n) is 7.81. The van der Waals surface area contributed by atoms with E-state index in [4.69, 9.17) is 0 Å². The molecule has 0 spiro atoms. The summed E-state index contributed by atoms with van der Waals surface area (Å²) in [6.07, 6.45) is 0.815. The zero-order valence-corrected chi connectivity index (χ0v) is 14.8. The molecule has 2 aromatic heterocycles. The molecular formula is C18H14N2O3S2. The Morgan fingerprint density at radius 2 is 1.96 bits per heavy atom. The molecule has 0 saturated carbocycles. The van der Waals surface area contributed by atoms with Crippen molar-refractivity contribution >= 4 is 33.6 Å². The topological polar surface area (TPSA) is 63.4 Å². The fourth-order valence-electron chi connectivity index (χ4n) is 3.21. The number of fused-ring (bicyclic) bond motifs is 1. The lowest BCUT2D eigenvalue weighted by Crippen LogP contribution is -2.39. The molecule has 126 valence electrons. The van der Waals surface area contributed by atoms with Crippen LogP contribution in [-0.2, 0) is 6.42 Å². The van der Waals surface area contributed by atoms with E-state index in [1.807, 2.05) is 35.2 Å². The predicted molar refractivity (Wildman–Crippen MR) is 98.3 cm³/mol. The third-order valence-corrected chi connectivity index (χ3v) is 6.35. The van der Waals surface area contributed by atoms with Crippen LogP contribution in [0.3, 0.4) is 0 Å². The lowest BCUT2D eigenvalue weighted by molar-refractivity contribution is -0.380. The number of carbonyl (C=O) groups excluding carboxylic acids is 1. The van der Waals surface area contributed by atoms with Gasteiger partial charge >= 0.3 is 5.00 Å². The summed E-state index contributed by atoms with van der Waals surface area (Å²) in [7, 11) is 0. The summed E-state index contributed by atoms with van der Waals surface area (Å²) in [6.45, 7) is 0.609. The molecule has 3 aromatic rings. The Labute approximate surface area is 152 Å². The Morgan fingerprint density at radius 1 is 1.16 bits per heavy atom. The minimum absolute atomic E-state index is 0.00663. The van der Waals surface area contributed by atoms with Crippen molar-refractivity contribution in [2.75, 3.05) is 6.54 Å². The summed E-state index contributed by atoms with van der Waals surface area (Å²) < 4.78 is 0. The summed E-state index contributed by atoms with van der Waals surface area (Å²) in [6, 6.07) is 14.8. The van der Waals surface area contributed by atoms with Gasteiger partial charge in [0.2, 0.25) is 0 Å². The number of carbonyl (C=O) groups is 1. The molecule has 25 heavy (non-hydrogen) atoms. The van der Waals surface area contributed by atoms with Crippen molar-refractivity contribution in [2.24, 2.45) is 0 Å². The second-order valence-corrected chi connectivity index (χ2v) is 7.82. The number of hydrogen-bond donors (Lipinski definition) is 0. The van der Waals surface area contributed by atoms with Gasteiger partial charge in [-0.15, -0.1) is 11.3 Å². The van der Waals surface area contributed by atoms with E-state index in [0.29, 0.717) is 11.4 Å². The monoisotopic (exact) mass is 370 g/mol. The van der Waals surface area contributed by atoms with E-state index < -0.39 is 4.92 Å². The van der Waals surface area contributed by atoms with E-state index in [-0.39, 0.29) is 17.0 Å². The largest absolute Gasteiger partial charge is 0.326 e. The van der Waals surface area contributed by atoms with Crippen LogP contribution in [0.2, 0.25) is 0 Å². The third-order valence-electron chi connectivity index (χ3n) is 4.32. The maximum Gasteiger partial charge on any atom is 0.324 e. The number of thiophene rings is 2. The van der Waals surface area contributed by atoms with Crippen LogP contribution in [0.5, 0.6) is 0 Å². The molecule has 1 aliphatic heterocycles. The Morgan fingerprint density at radius 3 is 2.68 bits per heavy atom. The van der Waals surface area contributed by atoms with Crippen molar-refractivity contribution in [1.82, 2.24) is 4.90 Å². The zero-order chi connectivity index (χ0) is 17.4. The maximum atomic E-state index is 13.1. The summed E-state index contributed by atoms with van der Waals surface area (Å²) in [5, 5.41) is 13.0. The molecule has 0 bridgehead atoms. The van der Waals surface area contributed by atoms with Crippen LogP contribution >= 0.6 is 22.7 Å². The average molecular weight is 370 g/mol. The molecule has 0 aliphatic carbocycles. The normalized spacial score (nSPS) is 16.5. The SMILES string of the molecule is O=C(c1ccc([N+](=O)[O-])s1)N1CCc2sccc2[C@@H]1c1ccccc1. The number of benzene rings is 1. The Kier molecular flexibility index (Phi) is 4.10. The Hall–Kier alpha value is -2.51. The van der Waals surface area contributed by atoms with Crippen molar-refractivity contribution < 1.29 is 9.72 Å². The summed E-state index contributed by atoms with van der Waals surface area (Å²) in [5.41, 5.74) is 2.21. The zero-order valence-electron chi connectivity index (χ0n) is 13.1. The van der Waals surface area contributed by atoms with Gasteiger partial charge in [0.05, 0.1) is 15.8 Å². The molecule has 0 N–H and O–H groups in total. The molecule has 1 aliphatic rings. The van der Waals surface area contributed by atoms with E-state index >= 15 is 0 Å². The fraction of sp³-hybridized carbons (Fsp3) is 0.167. The second-order valence-electron chi connectivity index (χ2n) is 5.76. The smallest absolute Gasteiger partial charge is 0.324 e. The summed E-state index contributed by atoms with van der Waals surface area (Å²) in [5.74, 6) is -0.149. The van der Waals surface area contributed by atoms with Gasteiger partial charge in [-0.05, 0) is 35.1 Å². The van der Waals surface area contributed by atoms with Crippen LogP contribution in [0.15, 0.2) is 53.9 Å². The van der Waals surface area contributed by atoms with Crippen molar-refractivity contribution in [2.45, 2.75) is 12.5 Å². The number of hydrogen-bond acceptors (Lipinski definition) is 5. The van der Waals surface area contributed by atoms with Gasteiger partial charge in [0.15, 0.2) is 0 Å². The molecule has 4 rings (SSSR count). The number of nitrogens with zero attached hydrogens (tertiary/aromatic N) is 2. The predicted octanol–water partition coefficient (Wildman–Crippen LogP) is 4.51. The lowest BCUT2D eigenvalue weighted by Gasteiger charge is -2.36. The minimum Gasteiger partial charge on any atom is -0.326 e. The van der Waals surface area contributed by atoms with Crippen LogP contribution < -0.4 is 0 Å². The molecule has 0 radical (unpaired) electrons. The minimum atomic E-state index is -0.455. The van der Waals surface area contributed by atoms with E-state index in [1.54, 1.807) is 17.4 Å². The molecule has 0 saturated heterocycles. The molecule has 0 unspecified atom stereocenters. The van der Waals surface area contributed by atoms with Gasteiger partial charge < -0.3 is 4.90 Å². The molecule has 0 fully saturated rings. The Balaban J connectivity index is 1.74. The highest BCUT2D eigenvalue weighted by molar-refractivity contribution is 7.17. The first-order valence-corrected chi connectivity index (χ1v) is 9.51. The highest BCUT2D eigenvalue weighted by atomic mass is 32.1. The fourth-order valence-corrected chi connectivity index (χ4v) is 4.89. The molecular weight excluding hydrogens is 356 g/mol. The number of rotatable bonds is 3. The van der Waals surface area contributed by atoms with Crippen LogP contribution in [0, 0.1) is 10.1 Å². The van der Waals surface area contributed by atoms with E-state index in [0.717, 1.165) is 28.9 Å². The maximum absolute atomic E-state index is 13.1. The molecule has 1 amide bonds. The quantitative estimate of drug-likeness (QED) is 0.503. The van der Waals surface area contributed by atoms with Gasteiger partial charge in [-0.3, -0.25) is 14.9 Å². The molecule has 3 heterocycles. The lowest BCUT2D eigenvalue weighted by atomic mass is 9.93. The van der Waals surface area contributed by atoms with E-state index in [2.05, 4.69) is 11.4 Å². The van der Waals surface area contributed by atoms with Crippen molar-refractivity contribution in [3.05, 3.63) is 84.9 Å². The van der Waals surface area contributed by atoms with Gasteiger partial charge in [-0.25, -0.2) is 0 Å². The Bertz CT molecular complexity index is 933. The van der Waals surface area contributed by atoms with E-state index in [9.17, 15) is 14.9 Å². The third kappa shape index (κ3) is 2.85. The molecule has 1 atom stereocenters. The van der Waals surface area contributed by atoms with Gasteiger partial charge in [-0.2, -0.15) is 0 Å². The van der Waals surface area contributed by atoms with Crippen molar-refractivity contribution in [1.29, 1.82) is 0 Å². The van der Waals surface area contributed by atoms with Gasteiger partial charge in [0, 0.05) is 17.5 Å². The second kappa shape index (κ2) is 6.42. The number of amides is 1. The summed E-state index contributed by atoms with van der Waals surface area (Å²) >= 11 is 2.65. The summed E-state index contributed by atoms with van der Waals surface area (Å²) in [4.78, 5) is 27.1. The van der Waals surface area contributed by atoms with Gasteiger partial charge in [0.1, 0.15) is 0 Å². The van der Waals surface area contributed by atoms with Crippen LogP contribution in [-0.4, -0.2) is 22.3 Å². The van der Waals surface area contributed by atoms with Gasteiger partial charge in [-0.1, -0.05) is 41.7 Å². The standard InChI is InChI=1S/C18H14N2O3S2/c21-18(15-6-7-16(25-15)20(22)23)19-10-8-14-13(9-11-24-14)17(19)12-4-2-1-3-5-12/h1-7,9,11,17H,8,10H2/t17-/m0/s1. The average Bonchev–Trinajstić information content (AvgIpc) is 3.30. The van der Waals surface area contributed by atoms with Crippen molar-refractivity contribution in [3.63, 3.8) is 0 Å². The van der Waals surface area contributed by atoms with Crippen LogP contribution in [0.4, 0.5) is 5.00 Å². The van der Waals surface area contributed by atoms with Gasteiger partial charge in [0.25, 0.3) is 5.91 Å². The molecule has 1 aromatic carbocycles. The first-order chi connectivity index (χ1) is 12.1.